The van der Waals surface area contributed by atoms with Crippen LogP contribution in [0.5, 0.6) is 0 Å². The van der Waals surface area contributed by atoms with Crippen LogP contribution in [0.4, 0.5) is 0 Å². The van der Waals surface area contributed by atoms with Crippen LogP contribution in [-0.4, -0.2) is 62.8 Å². The van der Waals surface area contributed by atoms with Crippen molar-refractivity contribution in [2.75, 3.05) is 0 Å². The molecule has 0 atom stereocenters. The summed E-state index contributed by atoms with van der Waals surface area (Å²) in [7, 11) is 18.6. The first-order valence-electron chi connectivity index (χ1n) is 20.9. The quantitative estimate of drug-likeness (QED) is 0.146. The second kappa shape index (κ2) is 13.2. The fraction of sp³-hybridized carbons (Fsp3) is 0. The molecule has 0 bridgehead atoms. The van der Waals surface area contributed by atoms with Gasteiger partial charge in [-0.05, 0) is 118 Å². The Bertz CT molecular complexity index is 3560. The van der Waals surface area contributed by atoms with Gasteiger partial charge in [0.05, 0.1) is 0 Å². The third-order valence-corrected chi connectivity index (χ3v) is 14.3. The van der Waals surface area contributed by atoms with E-state index < -0.39 is 0 Å². The third kappa shape index (κ3) is 5.23. The minimum Gasteiger partial charge on any atom is -0.456 e. The smallest absolute Gasteiger partial charge is 0.139 e. The Morgan fingerprint density at radius 3 is 1.36 bits per heavy atom. The molecule has 0 unspecified atom stereocenters. The molecule has 11 aromatic rings. The molecule has 11 rings (SSSR count). The molecule has 0 aliphatic rings. The standard InChI is InChI=1S/C50H38B8O/c51-43-39-37(25-12-9-23(10-13-25)28-15-17-32-29(19-28)14-11-24-5-3-4-8-31(24)32)40-42(46(54)50(58)48(56)44(40)52)38(41(39)45(53)49(57)47(43)55)30-16-18-35-33(21-30)34-20-26-6-1-2-7-27(26)22-36(34)59-35/h1-22H,51-58H2. The molecule has 0 aliphatic carbocycles. The van der Waals surface area contributed by atoms with Gasteiger partial charge in [-0.3, -0.25) is 0 Å². The maximum atomic E-state index is 6.54. The largest absolute Gasteiger partial charge is 0.456 e. The van der Waals surface area contributed by atoms with Gasteiger partial charge in [0.1, 0.15) is 73.9 Å². The minimum absolute atomic E-state index is 0.920. The van der Waals surface area contributed by atoms with E-state index in [9.17, 15) is 0 Å². The van der Waals surface area contributed by atoms with Crippen LogP contribution in [-0.2, 0) is 0 Å². The van der Waals surface area contributed by atoms with Crippen molar-refractivity contribution >= 4 is 182 Å². The summed E-state index contributed by atoms with van der Waals surface area (Å²) in [6, 6.07) is 49.5. The fourth-order valence-electron chi connectivity index (χ4n) is 10.3. The van der Waals surface area contributed by atoms with Crippen LogP contribution >= 0.6 is 0 Å². The summed E-state index contributed by atoms with van der Waals surface area (Å²) in [5.41, 5.74) is 20.3. The first-order valence-corrected chi connectivity index (χ1v) is 20.9. The third-order valence-electron chi connectivity index (χ3n) is 14.3. The van der Waals surface area contributed by atoms with Gasteiger partial charge in [0.15, 0.2) is 0 Å². The van der Waals surface area contributed by atoms with E-state index in [1.54, 1.807) is 0 Å². The fourth-order valence-corrected chi connectivity index (χ4v) is 10.3. The number of fused-ring (bicyclic) bond motifs is 9. The molecule has 0 spiro atoms. The van der Waals surface area contributed by atoms with Gasteiger partial charge in [-0.1, -0.05) is 125 Å². The van der Waals surface area contributed by atoms with Crippen LogP contribution in [0.15, 0.2) is 138 Å². The summed E-state index contributed by atoms with van der Waals surface area (Å²) in [6.45, 7) is 0. The predicted octanol–water partition coefficient (Wildman–Crippen LogP) is 0.420. The molecule has 0 saturated carbocycles. The van der Waals surface area contributed by atoms with Gasteiger partial charge in [-0.15, -0.1) is 21.9 Å². The Morgan fingerprint density at radius 1 is 0.271 bits per heavy atom. The number of rotatable bonds is 3. The van der Waals surface area contributed by atoms with Crippen molar-refractivity contribution < 1.29 is 4.42 Å². The van der Waals surface area contributed by atoms with E-state index in [1.807, 2.05) is 0 Å². The van der Waals surface area contributed by atoms with Crippen LogP contribution in [0, 0.1) is 0 Å². The molecule has 268 valence electrons. The topological polar surface area (TPSA) is 13.1 Å². The zero-order chi connectivity index (χ0) is 40.4. The van der Waals surface area contributed by atoms with Gasteiger partial charge < -0.3 is 4.42 Å². The molecule has 9 heteroatoms. The highest BCUT2D eigenvalue weighted by atomic mass is 16.3. The average Bonchev–Trinajstić information content (AvgIpc) is 3.63. The number of benzene rings is 10. The first-order chi connectivity index (χ1) is 28.6. The second-order valence-corrected chi connectivity index (χ2v) is 17.1. The van der Waals surface area contributed by atoms with Gasteiger partial charge >= 0.3 is 0 Å². The molecule has 59 heavy (non-hydrogen) atoms. The molecule has 0 radical (unpaired) electrons. The maximum absolute atomic E-state index is 6.54. The summed E-state index contributed by atoms with van der Waals surface area (Å²) < 4.78 is 6.54. The number of hydrogen-bond acceptors (Lipinski definition) is 1. The lowest BCUT2D eigenvalue weighted by Crippen LogP contribution is -2.50. The molecule has 1 aromatic heterocycles. The Hall–Kier alpha value is -6.18. The van der Waals surface area contributed by atoms with Gasteiger partial charge in [0.25, 0.3) is 0 Å². The van der Waals surface area contributed by atoms with Crippen LogP contribution in [0.2, 0.25) is 0 Å². The Morgan fingerprint density at radius 2 is 0.729 bits per heavy atom. The van der Waals surface area contributed by atoms with E-state index in [0.29, 0.717) is 0 Å². The van der Waals surface area contributed by atoms with Crippen LogP contribution in [0.25, 0.3) is 109 Å². The zero-order valence-corrected chi connectivity index (χ0v) is 35.1. The molecular weight excluding hydrogens is 703 g/mol. The zero-order valence-electron chi connectivity index (χ0n) is 35.1. The Kier molecular flexibility index (Phi) is 8.02. The Labute approximate surface area is 351 Å². The SMILES string of the molecule is Bc1c(B)c(B)c2c(-c3ccc4oc5cc6ccccc6cc5c4c3)c3c(B)c(B)c(B)c(B)c3c(-c3ccc(-c4ccc5c(ccc6ccccc65)c4)cc3)c2c1B. The predicted molar refractivity (Wildman–Crippen MR) is 283 cm³/mol. The summed E-state index contributed by atoms with van der Waals surface area (Å²) in [4.78, 5) is 0. The van der Waals surface area contributed by atoms with Gasteiger partial charge in [0.2, 0.25) is 0 Å². The van der Waals surface area contributed by atoms with Gasteiger partial charge in [0, 0.05) is 10.8 Å². The van der Waals surface area contributed by atoms with Crippen molar-refractivity contribution in [2.24, 2.45) is 0 Å². The van der Waals surface area contributed by atoms with Crippen molar-refractivity contribution in [3.8, 4) is 33.4 Å². The first kappa shape index (κ1) is 35.9. The van der Waals surface area contributed by atoms with E-state index in [1.165, 1.54) is 131 Å². The minimum atomic E-state index is 0.920. The molecule has 0 N–H and O–H groups in total. The lowest BCUT2D eigenvalue weighted by molar-refractivity contribution is 0.669. The van der Waals surface area contributed by atoms with Crippen molar-refractivity contribution in [3.63, 3.8) is 0 Å². The van der Waals surface area contributed by atoms with E-state index in [4.69, 9.17) is 4.42 Å². The lowest BCUT2D eigenvalue weighted by Gasteiger charge is -2.28. The summed E-state index contributed by atoms with van der Waals surface area (Å²) in [5, 5.41) is 15.3. The van der Waals surface area contributed by atoms with Gasteiger partial charge in [-0.2, -0.15) is 0 Å². The van der Waals surface area contributed by atoms with Crippen molar-refractivity contribution in [2.45, 2.75) is 0 Å². The molecule has 0 aliphatic heterocycles. The molecule has 1 nitrogen and oxygen atoms in total. The van der Waals surface area contributed by atoms with Gasteiger partial charge in [-0.25, -0.2) is 0 Å². The molecular formula is C50H38B8O. The highest BCUT2D eigenvalue weighted by Gasteiger charge is 2.25. The molecule has 0 fully saturated rings. The highest BCUT2D eigenvalue weighted by molar-refractivity contribution is 6.71. The maximum Gasteiger partial charge on any atom is 0.139 e. The normalized spacial score (nSPS) is 11.9. The van der Waals surface area contributed by atoms with Crippen molar-refractivity contribution in [1.29, 1.82) is 0 Å². The van der Waals surface area contributed by atoms with E-state index in [0.717, 1.165) is 21.9 Å². The molecule has 10 aromatic carbocycles. The van der Waals surface area contributed by atoms with Crippen molar-refractivity contribution in [3.05, 3.63) is 133 Å². The van der Waals surface area contributed by atoms with E-state index in [2.05, 4.69) is 196 Å². The molecule has 0 amide bonds. The van der Waals surface area contributed by atoms with Crippen LogP contribution in [0.1, 0.15) is 0 Å². The van der Waals surface area contributed by atoms with Crippen LogP contribution in [0.3, 0.4) is 0 Å². The summed E-state index contributed by atoms with van der Waals surface area (Å²) in [6.07, 6.45) is 0. The lowest BCUT2D eigenvalue weighted by atomic mass is 9.59. The average molecular weight is 741 g/mol. The van der Waals surface area contributed by atoms with E-state index >= 15 is 0 Å². The second-order valence-electron chi connectivity index (χ2n) is 17.1. The van der Waals surface area contributed by atoms with Crippen LogP contribution < -0.4 is 43.7 Å². The van der Waals surface area contributed by atoms with E-state index in [-0.39, 0.29) is 0 Å². The Balaban J connectivity index is 1.20. The molecule has 1 heterocycles. The summed E-state index contributed by atoms with van der Waals surface area (Å²) >= 11 is 0. The van der Waals surface area contributed by atoms with Crippen molar-refractivity contribution in [1.82, 2.24) is 0 Å². The number of hydrogen-bond donors (Lipinski definition) is 0. The highest BCUT2D eigenvalue weighted by Crippen LogP contribution is 2.43. The molecule has 0 saturated heterocycles. The number of furan rings is 1. The monoisotopic (exact) mass is 742 g/mol. The summed E-state index contributed by atoms with van der Waals surface area (Å²) in [5.74, 6) is 0.